The highest BCUT2D eigenvalue weighted by molar-refractivity contribution is 5.92. The van der Waals surface area contributed by atoms with Gasteiger partial charge >= 0.3 is 5.97 Å². The molecule has 0 fully saturated rings. The Hall–Kier alpha value is -2.70. The highest BCUT2D eigenvalue weighted by Gasteiger charge is 2.16. The molecule has 0 unspecified atom stereocenters. The number of esters is 1. The zero-order valence-electron chi connectivity index (χ0n) is 15.0. The summed E-state index contributed by atoms with van der Waals surface area (Å²) in [6.45, 7) is 3.02. The molecular formula is C19H24N4O3. The molecule has 0 radical (unpaired) electrons. The molecule has 1 amide bonds. The summed E-state index contributed by atoms with van der Waals surface area (Å²) in [5, 5.41) is 11.5. The maximum Gasteiger partial charge on any atom is 0.306 e. The van der Waals surface area contributed by atoms with Gasteiger partial charge in [-0.2, -0.15) is 0 Å². The van der Waals surface area contributed by atoms with E-state index < -0.39 is 0 Å². The van der Waals surface area contributed by atoms with E-state index in [0.717, 1.165) is 43.0 Å². The molecule has 0 spiro atoms. The van der Waals surface area contributed by atoms with Crippen LogP contribution >= 0.6 is 0 Å². The van der Waals surface area contributed by atoms with E-state index in [-0.39, 0.29) is 24.7 Å². The van der Waals surface area contributed by atoms with Crippen LogP contribution in [0.3, 0.4) is 0 Å². The third kappa shape index (κ3) is 4.47. The number of carbonyl (C=O) groups is 2. The van der Waals surface area contributed by atoms with Gasteiger partial charge in [-0.1, -0.05) is 6.42 Å². The largest absolute Gasteiger partial charge is 0.466 e. The number of ether oxygens (including phenoxy) is 1. The highest BCUT2D eigenvalue weighted by atomic mass is 16.5. The van der Waals surface area contributed by atoms with E-state index in [2.05, 4.69) is 20.1 Å². The summed E-state index contributed by atoms with van der Waals surface area (Å²) >= 11 is 0. The molecule has 0 atom stereocenters. The number of hydrogen-bond donors (Lipinski definition) is 1. The van der Waals surface area contributed by atoms with E-state index in [1.807, 2.05) is 24.3 Å². The quantitative estimate of drug-likeness (QED) is 0.804. The van der Waals surface area contributed by atoms with Crippen LogP contribution in [0.4, 0.5) is 5.69 Å². The van der Waals surface area contributed by atoms with Crippen molar-refractivity contribution < 1.29 is 14.3 Å². The average molecular weight is 356 g/mol. The Balaban J connectivity index is 1.61. The van der Waals surface area contributed by atoms with Crippen molar-refractivity contribution in [1.29, 1.82) is 0 Å². The van der Waals surface area contributed by atoms with Crippen LogP contribution in [0, 0.1) is 0 Å². The van der Waals surface area contributed by atoms with Crippen molar-refractivity contribution >= 4 is 17.6 Å². The summed E-state index contributed by atoms with van der Waals surface area (Å²) < 4.78 is 7.01. The molecule has 1 aliphatic heterocycles. The van der Waals surface area contributed by atoms with Crippen LogP contribution in [0.2, 0.25) is 0 Å². The SMILES string of the molecule is CCOC(=O)CCC(=O)Nc1ccc(-c2nnc3n2CCCCC3)cc1. The van der Waals surface area contributed by atoms with Crippen molar-refractivity contribution in [3.63, 3.8) is 0 Å². The van der Waals surface area contributed by atoms with Crippen LogP contribution in [-0.4, -0.2) is 33.2 Å². The van der Waals surface area contributed by atoms with Crippen LogP contribution in [-0.2, 0) is 27.3 Å². The summed E-state index contributed by atoms with van der Waals surface area (Å²) in [6, 6.07) is 7.55. The van der Waals surface area contributed by atoms with Crippen molar-refractivity contribution in [2.75, 3.05) is 11.9 Å². The Bertz CT molecular complexity index is 768. The number of hydrogen-bond acceptors (Lipinski definition) is 5. The number of aryl methyl sites for hydroxylation is 1. The lowest BCUT2D eigenvalue weighted by Gasteiger charge is -2.09. The Morgan fingerprint density at radius 1 is 1.12 bits per heavy atom. The number of amides is 1. The van der Waals surface area contributed by atoms with Crippen molar-refractivity contribution in [2.45, 2.75) is 52.0 Å². The first-order valence-corrected chi connectivity index (χ1v) is 9.15. The van der Waals surface area contributed by atoms with Crippen molar-refractivity contribution in [3.05, 3.63) is 30.1 Å². The highest BCUT2D eigenvalue weighted by Crippen LogP contribution is 2.24. The molecule has 0 aliphatic carbocycles. The summed E-state index contributed by atoms with van der Waals surface area (Å²) in [7, 11) is 0. The maximum absolute atomic E-state index is 11.9. The third-order valence-electron chi connectivity index (χ3n) is 4.40. The van der Waals surface area contributed by atoms with Gasteiger partial charge < -0.3 is 14.6 Å². The van der Waals surface area contributed by atoms with Crippen LogP contribution in [0.5, 0.6) is 0 Å². The number of aromatic nitrogens is 3. The number of anilines is 1. The predicted molar refractivity (Wildman–Crippen MR) is 97.5 cm³/mol. The molecule has 1 aliphatic rings. The molecule has 3 rings (SSSR count). The first-order chi connectivity index (χ1) is 12.7. The Morgan fingerprint density at radius 3 is 2.69 bits per heavy atom. The molecule has 7 heteroatoms. The third-order valence-corrected chi connectivity index (χ3v) is 4.40. The molecule has 0 bridgehead atoms. The van der Waals surface area contributed by atoms with Gasteiger partial charge in [-0.05, 0) is 44.0 Å². The van der Waals surface area contributed by atoms with E-state index in [0.29, 0.717) is 12.3 Å². The minimum absolute atomic E-state index is 0.0869. The number of fused-ring (bicyclic) bond motifs is 1. The van der Waals surface area contributed by atoms with Gasteiger partial charge in [0.1, 0.15) is 5.82 Å². The van der Waals surface area contributed by atoms with E-state index >= 15 is 0 Å². The first kappa shape index (κ1) is 18.1. The Kier molecular flexibility index (Phi) is 5.99. The van der Waals surface area contributed by atoms with Gasteiger partial charge in [0.15, 0.2) is 5.82 Å². The predicted octanol–water partition coefficient (Wildman–Crippen LogP) is 2.95. The van der Waals surface area contributed by atoms with Crippen LogP contribution < -0.4 is 5.32 Å². The molecule has 26 heavy (non-hydrogen) atoms. The van der Waals surface area contributed by atoms with Gasteiger partial charge in [-0.25, -0.2) is 0 Å². The summed E-state index contributed by atoms with van der Waals surface area (Å²) in [5.74, 6) is 1.36. The van der Waals surface area contributed by atoms with Crippen molar-refractivity contribution in [2.24, 2.45) is 0 Å². The van der Waals surface area contributed by atoms with Crippen LogP contribution in [0.25, 0.3) is 11.4 Å². The molecule has 2 aromatic rings. The minimum Gasteiger partial charge on any atom is -0.466 e. The van der Waals surface area contributed by atoms with E-state index in [9.17, 15) is 9.59 Å². The maximum atomic E-state index is 11.9. The van der Waals surface area contributed by atoms with E-state index in [1.54, 1.807) is 6.92 Å². The second-order valence-electron chi connectivity index (χ2n) is 6.33. The van der Waals surface area contributed by atoms with E-state index in [4.69, 9.17) is 4.74 Å². The number of rotatable bonds is 6. The van der Waals surface area contributed by atoms with Crippen LogP contribution in [0.1, 0.15) is 44.9 Å². The lowest BCUT2D eigenvalue weighted by atomic mass is 10.2. The first-order valence-electron chi connectivity index (χ1n) is 9.15. The van der Waals surface area contributed by atoms with Crippen molar-refractivity contribution in [3.8, 4) is 11.4 Å². The molecule has 1 aromatic carbocycles. The van der Waals surface area contributed by atoms with Gasteiger partial charge in [-0.15, -0.1) is 10.2 Å². The Morgan fingerprint density at radius 2 is 1.92 bits per heavy atom. The molecule has 0 saturated heterocycles. The normalized spacial score (nSPS) is 13.6. The second kappa shape index (κ2) is 8.60. The monoisotopic (exact) mass is 356 g/mol. The lowest BCUT2D eigenvalue weighted by Crippen LogP contribution is -2.14. The standard InChI is InChI=1S/C19H24N4O3/c1-2-26-18(25)12-11-17(24)20-15-9-7-14(8-10-15)19-22-21-16-6-4-3-5-13-23(16)19/h7-10H,2-6,11-13H2,1H3,(H,20,24). The second-order valence-corrected chi connectivity index (χ2v) is 6.33. The molecule has 2 heterocycles. The smallest absolute Gasteiger partial charge is 0.306 e. The van der Waals surface area contributed by atoms with Gasteiger partial charge in [0.2, 0.25) is 5.91 Å². The van der Waals surface area contributed by atoms with Crippen molar-refractivity contribution in [1.82, 2.24) is 14.8 Å². The molecular weight excluding hydrogens is 332 g/mol. The summed E-state index contributed by atoms with van der Waals surface area (Å²) in [6.07, 6.45) is 4.70. The molecule has 7 nitrogen and oxygen atoms in total. The number of nitrogens with zero attached hydrogens (tertiary/aromatic N) is 3. The average Bonchev–Trinajstić information content (AvgIpc) is 2.89. The lowest BCUT2D eigenvalue weighted by molar-refractivity contribution is -0.144. The minimum atomic E-state index is -0.356. The van der Waals surface area contributed by atoms with Gasteiger partial charge in [0, 0.05) is 30.6 Å². The van der Waals surface area contributed by atoms with Crippen LogP contribution in [0.15, 0.2) is 24.3 Å². The van der Waals surface area contributed by atoms with Gasteiger partial charge in [-0.3, -0.25) is 9.59 Å². The fourth-order valence-corrected chi connectivity index (χ4v) is 3.07. The number of carbonyl (C=O) groups excluding carboxylic acids is 2. The Labute approximate surface area is 152 Å². The number of benzene rings is 1. The molecule has 1 aromatic heterocycles. The van der Waals surface area contributed by atoms with Gasteiger partial charge in [0.05, 0.1) is 13.0 Å². The number of nitrogens with one attached hydrogen (secondary N) is 1. The van der Waals surface area contributed by atoms with E-state index in [1.165, 1.54) is 6.42 Å². The fourth-order valence-electron chi connectivity index (χ4n) is 3.07. The topological polar surface area (TPSA) is 86.1 Å². The molecule has 138 valence electrons. The zero-order valence-corrected chi connectivity index (χ0v) is 15.0. The van der Waals surface area contributed by atoms with Gasteiger partial charge in [0.25, 0.3) is 0 Å². The molecule has 0 saturated carbocycles. The summed E-state index contributed by atoms with van der Waals surface area (Å²) in [5.41, 5.74) is 1.67. The summed E-state index contributed by atoms with van der Waals surface area (Å²) in [4.78, 5) is 23.2. The molecule has 1 N–H and O–H groups in total. The zero-order chi connectivity index (χ0) is 18.4. The fraction of sp³-hybridized carbons (Fsp3) is 0.474.